The first-order valence-electron chi connectivity index (χ1n) is 12.4. The number of hydrogen-bond donors (Lipinski definition) is 0. The fourth-order valence-corrected chi connectivity index (χ4v) is 5.67. The fraction of sp³-hybridized carbons (Fsp3) is 0.200. The molecule has 0 radical (unpaired) electrons. The lowest BCUT2D eigenvalue weighted by molar-refractivity contribution is -0.139. The molecule has 1 atom stereocenters. The second-order valence-electron chi connectivity index (χ2n) is 8.77. The highest BCUT2D eigenvalue weighted by Crippen LogP contribution is 2.38. The first-order chi connectivity index (χ1) is 19.4. The van der Waals surface area contributed by atoms with Crippen LogP contribution < -0.4 is 24.4 Å². The number of carbonyl (C=O) groups is 1. The number of hydrogen-bond acceptors (Lipinski definition) is 9. The first-order valence-corrected chi connectivity index (χ1v) is 13.2. The van der Waals surface area contributed by atoms with Crippen LogP contribution in [0.2, 0.25) is 0 Å². The van der Waals surface area contributed by atoms with Crippen LogP contribution in [0.1, 0.15) is 36.8 Å². The number of fused-ring (bicyclic) bond motifs is 1. The van der Waals surface area contributed by atoms with Crippen LogP contribution in [0.3, 0.4) is 0 Å². The lowest BCUT2D eigenvalue weighted by atomic mass is 9.95. The minimum atomic E-state index is -0.864. The maximum Gasteiger partial charge on any atom is 0.338 e. The Hall–Kier alpha value is -4.88. The zero-order valence-corrected chi connectivity index (χ0v) is 23.1. The first kappa shape index (κ1) is 26.7. The highest BCUT2D eigenvalue weighted by Gasteiger charge is 2.35. The fourth-order valence-electron chi connectivity index (χ4n) is 4.64. The van der Waals surface area contributed by atoms with Crippen LogP contribution in [-0.2, 0) is 9.53 Å². The number of ether oxygens (including phenoxy) is 3. The average molecular weight is 556 g/mol. The molecule has 2 aromatic heterocycles. The van der Waals surface area contributed by atoms with Crippen molar-refractivity contribution >= 4 is 23.4 Å². The number of carbonyl (C=O) groups excluding carboxylic acids is 1. The number of nitriles is 1. The number of esters is 1. The van der Waals surface area contributed by atoms with E-state index < -0.39 is 12.0 Å². The van der Waals surface area contributed by atoms with E-state index in [0.717, 1.165) is 0 Å². The molecule has 0 saturated carbocycles. The molecule has 0 amide bonds. The Bertz CT molecular complexity index is 1870. The summed E-state index contributed by atoms with van der Waals surface area (Å²) in [7, 11) is 3.06. The monoisotopic (exact) mass is 555 g/mol. The topological polar surface area (TPSA) is 116 Å². The Kier molecular flexibility index (Phi) is 7.40. The molecule has 9 nitrogen and oxygen atoms in total. The van der Waals surface area contributed by atoms with E-state index in [9.17, 15) is 14.9 Å². The highest BCUT2D eigenvalue weighted by molar-refractivity contribution is 7.07. The van der Waals surface area contributed by atoms with E-state index in [1.807, 2.05) is 6.07 Å². The highest BCUT2D eigenvalue weighted by atomic mass is 32.1. The van der Waals surface area contributed by atoms with Crippen molar-refractivity contribution in [1.29, 1.82) is 5.26 Å². The molecule has 0 unspecified atom stereocenters. The summed E-state index contributed by atoms with van der Waals surface area (Å²) >= 11 is 1.18. The van der Waals surface area contributed by atoms with E-state index in [4.69, 9.17) is 18.6 Å². The van der Waals surface area contributed by atoms with Gasteiger partial charge in [-0.15, -0.1) is 0 Å². The number of aromatic nitrogens is 1. The van der Waals surface area contributed by atoms with Crippen LogP contribution in [0.15, 0.2) is 80.1 Å². The number of methoxy groups -OCH3 is 2. The van der Waals surface area contributed by atoms with Gasteiger partial charge in [-0.25, -0.2) is 9.79 Å². The minimum absolute atomic E-state index is 0.164. The van der Waals surface area contributed by atoms with E-state index in [2.05, 4.69) is 11.1 Å². The quantitative estimate of drug-likeness (QED) is 0.317. The molecule has 3 heterocycles. The predicted molar refractivity (Wildman–Crippen MR) is 149 cm³/mol. The van der Waals surface area contributed by atoms with Gasteiger partial charge in [0.15, 0.2) is 4.80 Å². The summed E-state index contributed by atoms with van der Waals surface area (Å²) in [6.07, 6.45) is 1.63. The van der Waals surface area contributed by atoms with Crippen molar-refractivity contribution < 1.29 is 23.4 Å². The van der Waals surface area contributed by atoms with E-state index >= 15 is 0 Å². The zero-order chi connectivity index (χ0) is 28.4. The van der Waals surface area contributed by atoms with Crippen LogP contribution in [0.4, 0.5) is 0 Å². The van der Waals surface area contributed by atoms with Gasteiger partial charge < -0.3 is 18.6 Å². The Morgan fingerprint density at radius 2 is 1.98 bits per heavy atom. The molecular formula is C30H25N3O6S. The summed E-state index contributed by atoms with van der Waals surface area (Å²) in [6.45, 7) is 3.60. The standard InChI is InChI=1S/C30H25N3O6S/c1-5-38-29(35)26-17(2)32-30-33(27(26)22-14-19(36-3)10-12-23(22)37-4)28(34)25(40-30)15-20-11-13-24(39-20)21-9-7-6-8-18(21)16-31/h6-15,27H,5H2,1-4H3/b25-15+/t27-/m0/s1. The lowest BCUT2D eigenvalue weighted by Crippen LogP contribution is -2.40. The van der Waals surface area contributed by atoms with Gasteiger partial charge in [-0.1, -0.05) is 23.5 Å². The molecule has 0 bridgehead atoms. The number of thiazole rings is 1. The van der Waals surface area contributed by atoms with E-state index in [-0.39, 0.29) is 17.7 Å². The summed E-state index contributed by atoms with van der Waals surface area (Å²) in [5.41, 5.74) is 2.02. The number of furan rings is 1. The molecular weight excluding hydrogens is 530 g/mol. The molecule has 2 aromatic carbocycles. The van der Waals surface area contributed by atoms with E-state index in [1.165, 1.54) is 30.1 Å². The summed E-state index contributed by atoms with van der Waals surface area (Å²) in [5, 5.41) is 9.45. The molecule has 0 aliphatic carbocycles. The van der Waals surface area contributed by atoms with Gasteiger partial charge in [0.1, 0.15) is 29.1 Å². The van der Waals surface area contributed by atoms with Gasteiger partial charge in [0.05, 0.1) is 48.3 Å². The van der Waals surface area contributed by atoms with Gasteiger partial charge in [-0.3, -0.25) is 9.36 Å². The second kappa shape index (κ2) is 11.1. The van der Waals surface area contributed by atoms with Crippen molar-refractivity contribution in [2.75, 3.05) is 20.8 Å². The molecule has 0 saturated heterocycles. The molecule has 0 N–H and O–H groups in total. The van der Waals surface area contributed by atoms with Crippen molar-refractivity contribution in [2.24, 2.45) is 4.99 Å². The van der Waals surface area contributed by atoms with Crippen molar-refractivity contribution in [3.05, 3.63) is 102 Å². The number of benzene rings is 2. The Balaban J connectivity index is 1.69. The molecule has 4 aromatic rings. The van der Waals surface area contributed by atoms with Crippen LogP contribution in [0, 0.1) is 11.3 Å². The molecule has 1 aliphatic heterocycles. The predicted octanol–water partition coefficient (Wildman–Crippen LogP) is 3.95. The maximum atomic E-state index is 13.9. The molecule has 10 heteroatoms. The van der Waals surface area contributed by atoms with Crippen molar-refractivity contribution in [2.45, 2.75) is 19.9 Å². The van der Waals surface area contributed by atoms with Crippen LogP contribution in [0.5, 0.6) is 11.5 Å². The van der Waals surface area contributed by atoms with Crippen molar-refractivity contribution in [3.63, 3.8) is 0 Å². The molecule has 40 heavy (non-hydrogen) atoms. The van der Waals surface area contributed by atoms with Gasteiger partial charge in [0, 0.05) is 17.2 Å². The molecule has 0 fully saturated rings. The Labute approximate surface area is 233 Å². The van der Waals surface area contributed by atoms with Gasteiger partial charge in [-0.2, -0.15) is 5.26 Å². The molecule has 5 rings (SSSR count). The normalized spacial score (nSPS) is 14.8. The summed E-state index contributed by atoms with van der Waals surface area (Å²) in [5.74, 6) is 1.39. The third-order valence-electron chi connectivity index (χ3n) is 6.46. The lowest BCUT2D eigenvalue weighted by Gasteiger charge is -2.26. The second-order valence-corrected chi connectivity index (χ2v) is 9.78. The SMILES string of the molecule is CCOC(=O)C1=C(C)N=c2s/c(=C/c3ccc(-c4ccccc4C#N)o3)c(=O)n2[C@H]1c1cc(OC)ccc1OC. The Morgan fingerprint density at radius 3 is 2.70 bits per heavy atom. The van der Waals surface area contributed by atoms with Crippen LogP contribution in [-0.4, -0.2) is 31.4 Å². The van der Waals surface area contributed by atoms with Gasteiger partial charge in [0.25, 0.3) is 5.56 Å². The van der Waals surface area contributed by atoms with E-state index in [0.29, 0.717) is 54.7 Å². The Morgan fingerprint density at radius 1 is 1.18 bits per heavy atom. The van der Waals surface area contributed by atoms with Gasteiger partial charge >= 0.3 is 5.97 Å². The van der Waals surface area contributed by atoms with Crippen molar-refractivity contribution in [3.8, 4) is 28.9 Å². The number of rotatable bonds is 7. The molecule has 1 aliphatic rings. The van der Waals surface area contributed by atoms with Gasteiger partial charge in [-0.05, 0) is 56.3 Å². The smallest absolute Gasteiger partial charge is 0.338 e. The third-order valence-corrected chi connectivity index (χ3v) is 7.44. The van der Waals surface area contributed by atoms with Crippen LogP contribution >= 0.6 is 11.3 Å². The van der Waals surface area contributed by atoms with Gasteiger partial charge in [0.2, 0.25) is 0 Å². The maximum absolute atomic E-state index is 13.9. The number of nitrogens with zero attached hydrogens (tertiary/aromatic N) is 3. The summed E-state index contributed by atoms with van der Waals surface area (Å²) in [4.78, 5) is 32.1. The molecule has 202 valence electrons. The third kappa shape index (κ3) is 4.72. The largest absolute Gasteiger partial charge is 0.497 e. The summed E-state index contributed by atoms with van der Waals surface area (Å²) in [6, 6.07) is 17.1. The number of allylic oxidation sites excluding steroid dienone is 1. The van der Waals surface area contributed by atoms with Crippen LogP contribution in [0.25, 0.3) is 17.4 Å². The van der Waals surface area contributed by atoms with E-state index in [1.54, 1.807) is 68.5 Å². The van der Waals surface area contributed by atoms with Crippen molar-refractivity contribution in [1.82, 2.24) is 4.57 Å². The minimum Gasteiger partial charge on any atom is -0.497 e. The zero-order valence-electron chi connectivity index (χ0n) is 22.3. The molecule has 0 spiro atoms. The summed E-state index contributed by atoms with van der Waals surface area (Å²) < 4.78 is 24.3. The average Bonchev–Trinajstić information content (AvgIpc) is 3.56.